The standard InChI is InChI=1S/C27H28FN3O4/c1-18(31-15-16-35-25(17-31)19-7-11-21(28)12-8-19)26(32)29-22-13-9-20(10-14-22)27(33)30-23-5-3-4-6-24(23)34-2/h3-14,18,25H,15-17H2,1-2H3,(H,29,32)(H,30,33). The molecule has 0 aromatic heterocycles. The molecule has 7 nitrogen and oxygen atoms in total. The van der Waals surface area contributed by atoms with Gasteiger partial charge in [-0.05, 0) is 61.0 Å². The topological polar surface area (TPSA) is 79.9 Å². The van der Waals surface area contributed by atoms with Crippen LogP contribution in [0.25, 0.3) is 0 Å². The van der Waals surface area contributed by atoms with Crippen molar-refractivity contribution >= 4 is 23.2 Å². The van der Waals surface area contributed by atoms with E-state index in [1.54, 1.807) is 55.6 Å². The predicted octanol–water partition coefficient (Wildman–Crippen LogP) is 4.49. The average molecular weight is 478 g/mol. The van der Waals surface area contributed by atoms with Gasteiger partial charge >= 0.3 is 0 Å². The molecule has 4 rings (SSSR count). The fourth-order valence-electron chi connectivity index (χ4n) is 3.96. The molecule has 2 unspecified atom stereocenters. The number of para-hydroxylation sites is 2. The molecule has 0 bridgehead atoms. The van der Waals surface area contributed by atoms with Crippen molar-refractivity contribution in [2.75, 3.05) is 37.4 Å². The van der Waals surface area contributed by atoms with Crippen LogP contribution in [0.3, 0.4) is 0 Å². The Hall–Kier alpha value is -3.75. The minimum Gasteiger partial charge on any atom is -0.495 e. The largest absolute Gasteiger partial charge is 0.495 e. The number of nitrogens with zero attached hydrogens (tertiary/aromatic N) is 1. The molecule has 1 saturated heterocycles. The summed E-state index contributed by atoms with van der Waals surface area (Å²) < 4.78 is 24.3. The second-order valence-electron chi connectivity index (χ2n) is 8.30. The first-order chi connectivity index (χ1) is 16.9. The molecule has 0 saturated carbocycles. The Labute approximate surface area is 203 Å². The number of nitrogens with one attached hydrogen (secondary N) is 2. The molecule has 3 aromatic rings. The third-order valence-electron chi connectivity index (χ3n) is 6.04. The molecular formula is C27H28FN3O4. The monoisotopic (exact) mass is 477 g/mol. The molecule has 1 aliphatic rings. The van der Waals surface area contributed by atoms with E-state index in [1.165, 1.54) is 12.1 Å². The molecule has 8 heteroatoms. The summed E-state index contributed by atoms with van der Waals surface area (Å²) in [5.41, 5.74) is 2.51. The van der Waals surface area contributed by atoms with Crippen molar-refractivity contribution < 1.29 is 23.5 Å². The second-order valence-corrected chi connectivity index (χ2v) is 8.30. The van der Waals surface area contributed by atoms with Crippen molar-refractivity contribution in [3.63, 3.8) is 0 Å². The molecule has 1 aliphatic heterocycles. The fourth-order valence-corrected chi connectivity index (χ4v) is 3.96. The number of rotatable bonds is 7. The quantitative estimate of drug-likeness (QED) is 0.524. The molecule has 3 aromatic carbocycles. The lowest BCUT2D eigenvalue weighted by atomic mass is 10.1. The van der Waals surface area contributed by atoms with E-state index in [1.807, 2.05) is 24.0 Å². The Kier molecular flexibility index (Phi) is 7.74. The zero-order valence-corrected chi connectivity index (χ0v) is 19.7. The van der Waals surface area contributed by atoms with Gasteiger partial charge in [0.05, 0.1) is 31.5 Å². The third kappa shape index (κ3) is 6.03. The van der Waals surface area contributed by atoms with Crippen LogP contribution in [0.1, 0.15) is 28.9 Å². The molecule has 0 spiro atoms. The zero-order chi connectivity index (χ0) is 24.8. The molecule has 0 aliphatic carbocycles. The Morgan fingerprint density at radius 2 is 1.74 bits per heavy atom. The number of hydrogen-bond donors (Lipinski definition) is 2. The van der Waals surface area contributed by atoms with Gasteiger partial charge in [-0.25, -0.2) is 4.39 Å². The number of morpholine rings is 1. The molecule has 2 amide bonds. The summed E-state index contributed by atoms with van der Waals surface area (Å²) in [6.07, 6.45) is -0.222. The summed E-state index contributed by atoms with van der Waals surface area (Å²) in [5, 5.41) is 5.74. The van der Waals surface area contributed by atoms with Crippen molar-refractivity contribution in [3.05, 3.63) is 89.7 Å². The normalized spacial score (nSPS) is 16.8. The van der Waals surface area contributed by atoms with E-state index in [0.29, 0.717) is 42.4 Å². The van der Waals surface area contributed by atoms with E-state index < -0.39 is 6.04 Å². The Bertz CT molecular complexity index is 1170. The molecule has 2 atom stereocenters. The predicted molar refractivity (Wildman–Crippen MR) is 132 cm³/mol. The van der Waals surface area contributed by atoms with Gasteiger partial charge in [0.15, 0.2) is 0 Å². The van der Waals surface area contributed by atoms with Crippen LogP contribution in [0.5, 0.6) is 5.75 Å². The first kappa shape index (κ1) is 24.4. The maximum absolute atomic E-state index is 13.2. The number of anilines is 2. The maximum Gasteiger partial charge on any atom is 0.255 e. The molecule has 2 N–H and O–H groups in total. The number of halogens is 1. The number of methoxy groups -OCH3 is 1. The number of benzene rings is 3. The van der Waals surface area contributed by atoms with Crippen LogP contribution >= 0.6 is 0 Å². The van der Waals surface area contributed by atoms with Crippen LogP contribution in [-0.2, 0) is 9.53 Å². The van der Waals surface area contributed by atoms with Crippen LogP contribution in [-0.4, -0.2) is 49.6 Å². The second kappa shape index (κ2) is 11.1. The number of amides is 2. The fraction of sp³-hybridized carbons (Fsp3) is 0.259. The highest BCUT2D eigenvalue weighted by atomic mass is 19.1. The van der Waals surface area contributed by atoms with Crippen molar-refractivity contribution in [3.8, 4) is 5.75 Å². The molecular weight excluding hydrogens is 449 g/mol. The minimum atomic E-state index is -0.393. The number of hydrogen-bond acceptors (Lipinski definition) is 5. The Morgan fingerprint density at radius 3 is 2.46 bits per heavy atom. The van der Waals surface area contributed by atoms with Gasteiger partial charge in [0.1, 0.15) is 11.6 Å². The first-order valence-corrected chi connectivity index (χ1v) is 11.4. The zero-order valence-electron chi connectivity index (χ0n) is 19.7. The SMILES string of the molecule is COc1ccccc1NC(=O)c1ccc(NC(=O)C(C)N2CCOC(c3ccc(F)cc3)C2)cc1. The number of carbonyl (C=O) groups excluding carboxylic acids is 2. The van der Waals surface area contributed by atoms with Gasteiger partial charge in [-0.15, -0.1) is 0 Å². The van der Waals surface area contributed by atoms with Gasteiger partial charge in [-0.1, -0.05) is 24.3 Å². The molecule has 0 radical (unpaired) electrons. The summed E-state index contributed by atoms with van der Waals surface area (Å²) in [6.45, 7) is 3.48. The van der Waals surface area contributed by atoms with E-state index >= 15 is 0 Å². The summed E-state index contributed by atoms with van der Waals surface area (Å²) in [4.78, 5) is 27.5. The van der Waals surface area contributed by atoms with Crippen LogP contribution in [0.2, 0.25) is 0 Å². The van der Waals surface area contributed by atoms with Gasteiger partial charge < -0.3 is 20.1 Å². The third-order valence-corrected chi connectivity index (χ3v) is 6.04. The van der Waals surface area contributed by atoms with E-state index in [2.05, 4.69) is 10.6 Å². The van der Waals surface area contributed by atoms with Gasteiger partial charge in [-0.2, -0.15) is 0 Å². The van der Waals surface area contributed by atoms with Crippen LogP contribution < -0.4 is 15.4 Å². The van der Waals surface area contributed by atoms with E-state index in [0.717, 1.165) is 5.56 Å². The van der Waals surface area contributed by atoms with Gasteiger partial charge in [0.25, 0.3) is 5.91 Å². The summed E-state index contributed by atoms with van der Waals surface area (Å²) >= 11 is 0. The Balaban J connectivity index is 1.34. The van der Waals surface area contributed by atoms with E-state index in [-0.39, 0.29) is 23.7 Å². The van der Waals surface area contributed by atoms with Crippen LogP contribution in [0.15, 0.2) is 72.8 Å². The van der Waals surface area contributed by atoms with E-state index in [9.17, 15) is 14.0 Å². The lowest BCUT2D eigenvalue weighted by Crippen LogP contribution is -2.48. The lowest BCUT2D eigenvalue weighted by Gasteiger charge is -2.36. The molecule has 35 heavy (non-hydrogen) atoms. The highest BCUT2D eigenvalue weighted by Gasteiger charge is 2.29. The molecule has 1 fully saturated rings. The molecule has 182 valence electrons. The maximum atomic E-state index is 13.2. The van der Waals surface area contributed by atoms with Gasteiger partial charge in [-0.3, -0.25) is 14.5 Å². The van der Waals surface area contributed by atoms with Crippen molar-refractivity contribution in [2.24, 2.45) is 0 Å². The number of carbonyl (C=O) groups is 2. The van der Waals surface area contributed by atoms with Crippen LogP contribution in [0, 0.1) is 5.82 Å². The molecule has 1 heterocycles. The lowest BCUT2D eigenvalue weighted by molar-refractivity contribution is -0.124. The van der Waals surface area contributed by atoms with Gasteiger partial charge in [0, 0.05) is 24.3 Å². The first-order valence-electron chi connectivity index (χ1n) is 11.4. The van der Waals surface area contributed by atoms with Crippen molar-refractivity contribution in [1.82, 2.24) is 4.90 Å². The average Bonchev–Trinajstić information content (AvgIpc) is 2.89. The van der Waals surface area contributed by atoms with E-state index in [4.69, 9.17) is 9.47 Å². The highest BCUT2D eigenvalue weighted by molar-refractivity contribution is 6.05. The number of ether oxygens (including phenoxy) is 2. The van der Waals surface area contributed by atoms with Gasteiger partial charge in [0.2, 0.25) is 5.91 Å². The summed E-state index contributed by atoms with van der Waals surface area (Å²) in [5.74, 6) is -0.155. The van der Waals surface area contributed by atoms with Crippen molar-refractivity contribution in [1.29, 1.82) is 0 Å². The van der Waals surface area contributed by atoms with Crippen LogP contribution in [0.4, 0.5) is 15.8 Å². The summed E-state index contributed by atoms with van der Waals surface area (Å²) in [7, 11) is 1.54. The summed E-state index contributed by atoms with van der Waals surface area (Å²) in [6, 6.07) is 19.7. The smallest absolute Gasteiger partial charge is 0.255 e. The minimum absolute atomic E-state index is 0.157. The van der Waals surface area contributed by atoms with Crippen molar-refractivity contribution in [2.45, 2.75) is 19.1 Å². The Morgan fingerprint density at radius 1 is 1.03 bits per heavy atom. The highest BCUT2D eigenvalue weighted by Crippen LogP contribution is 2.25.